The van der Waals surface area contributed by atoms with Gasteiger partial charge in [-0.25, -0.2) is 0 Å². The van der Waals surface area contributed by atoms with Gasteiger partial charge in [0.1, 0.15) is 5.25 Å². The molecule has 0 amide bonds. The van der Waals surface area contributed by atoms with Gasteiger partial charge in [-0.2, -0.15) is 0 Å². The minimum atomic E-state index is -1.15. The fourth-order valence-corrected chi connectivity index (χ4v) is 2.57. The van der Waals surface area contributed by atoms with Crippen LogP contribution < -0.4 is 0 Å². The standard InChI is InChI=1S/C13H17NO3S/c1-9(2)7-11-8-12(14(15)16)5-6-13(11)18(17)10(3)4/h5-8,10H,1-4H3. The quantitative estimate of drug-likeness (QED) is 0.476. The predicted molar refractivity (Wildman–Crippen MR) is 74.0 cm³/mol. The van der Waals surface area contributed by atoms with E-state index in [1.807, 2.05) is 33.8 Å². The molecule has 5 heteroatoms. The lowest BCUT2D eigenvalue weighted by molar-refractivity contribution is -0.384. The van der Waals surface area contributed by atoms with E-state index in [0.29, 0.717) is 10.5 Å². The van der Waals surface area contributed by atoms with Gasteiger partial charge in [-0.1, -0.05) is 11.6 Å². The van der Waals surface area contributed by atoms with Crippen LogP contribution in [0.25, 0.3) is 6.08 Å². The van der Waals surface area contributed by atoms with Crippen molar-refractivity contribution in [2.75, 3.05) is 0 Å². The summed E-state index contributed by atoms with van der Waals surface area (Å²) in [5.41, 5.74) is 1.70. The number of non-ortho nitro benzene ring substituents is 1. The van der Waals surface area contributed by atoms with E-state index in [2.05, 4.69) is 0 Å². The first-order valence-corrected chi connectivity index (χ1v) is 6.88. The Morgan fingerprint density at radius 2 is 2.00 bits per heavy atom. The summed E-state index contributed by atoms with van der Waals surface area (Å²) in [6.45, 7) is 7.54. The highest BCUT2D eigenvalue weighted by atomic mass is 32.2. The highest BCUT2D eigenvalue weighted by Gasteiger charge is 2.21. The highest BCUT2D eigenvalue weighted by molar-refractivity contribution is 7.92. The Morgan fingerprint density at radius 1 is 1.39 bits per heavy atom. The van der Waals surface area contributed by atoms with Crippen molar-refractivity contribution in [1.29, 1.82) is 0 Å². The zero-order chi connectivity index (χ0) is 13.9. The number of hydrogen-bond donors (Lipinski definition) is 0. The maximum Gasteiger partial charge on any atom is 0.270 e. The van der Waals surface area contributed by atoms with Crippen LogP contribution in [0.15, 0.2) is 28.7 Å². The van der Waals surface area contributed by atoms with Crippen molar-refractivity contribution in [3.8, 4) is 0 Å². The molecule has 1 aromatic carbocycles. The van der Waals surface area contributed by atoms with Gasteiger partial charge in [-0.15, -0.1) is 0 Å². The van der Waals surface area contributed by atoms with E-state index >= 15 is 0 Å². The molecule has 18 heavy (non-hydrogen) atoms. The molecule has 0 aliphatic rings. The number of nitro benzene ring substituents is 1. The van der Waals surface area contributed by atoms with Gasteiger partial charge in [-0.3, -0.25) is 10.1 Å². The molecule has 1 rings (SSSR count). The van der Waals surface area contributed by atoms with Crippen LogP contribution in [0, 0.1) is 10.1 Å². The van der Waals surface area contributed by atoms with Gasteiger partial charge in [0.15, 0.2) is 4.90 Å². The minimum Gasteiger partial charge on any atom is -0.611 e. The van der Waals surface area contributed by atoms with E-state index in [1.165, 1.54) is 12.1 Å². The molecule has 0 aromatic heterocycles. The van der Waals surface area contributed by atoms with E-state index < -0.39 is 16.1 Å². The van der Waals surface area contributed by atoms with Crippen molar-refractivity contribution in [2.45, 2.75) is 37.8 Å². The molecule has 4 nitrogen and oxygen atoms in total. The van der Waals surface area contributed by atoms with Gasteiger partial charge in [0.25, 0.3) is 5.69 Å². The number of nitro groups is 1. The number of nitrogens with zero attached hydrogens (tertiary/aromatic N) is 1. The first-order chi connectivity index (χ1) is 8.32. The van der Waals surface area contributed by atoms with Crippen molar-refractivity contribution in [3.63, 3.8) is 0 Å². The average Bonchev–Trinajstić information content (AvgIpc) is 2.26. The molecule has 1 aromatic rings. The van der Waals surface area contributed by atoms with Crippen molar-refractivity contribution >= 4 is 22.9 Å². The Bertz CT molecular complexity index is 479. The largest absolute Gasteiger partial charge is 0.611 e. The molecule has 0 aliphatic carbocycles. The van der Waals surface area contributed by atoms with E-state index in [0.717, 1.165) is 5.57 Å². The third kappa shape index (κ3) is 3.58. The zero-order valence-electron chi connectivity index (χ0n) is 11.0. The van der Waals surface area contributed by atoms with Gasteiger partial charge in [0, 0.05) is 23.8 Å². The average molecular weight is 267 g/mol. The van der Waals surface area contributed by atoms with Crippen LogP contribution in [0.2, 0.25) is 0 Å². The molecule has 0 aliphatic heterocycles. The second-order valence-electron chi connectivity index (χ2n) is 4.55. The number of hydrogen-bond acceptors (Lipinski definition) is 3. The van der Waals surface area contributed by atoms with Gasteiger partial charge in [-0.05, 0) is 38.9 Å². The van der Waals surface area contributed by atoms with Gasteiger partial charge < -0.3 is 4.55 Å². The summed E-state index contributed by atoms with van der Waals surface area (Å²) in [5, 5.41) is 10.7. The lowest BCUT2D eigenvalue weighted by Gasteiger charge is -2.16. The van der Waals surface area contributed by atoms with Crippen molar-refractivity contribution in [3.05, 3.63) is 39.4 Å². The van der Waals surface area contributed by atoms with Gasteiger partial charge in [0.05, 0.1) is 4.92 Å². The lowest BCUT2D eigenvalue weighted by Crippen LogP contribution is -2.15. The van der Waals surface area contributed by atoms with Crippen molar-refractivity contribution < 1.29 is 9.48 Å². The van der Waals surface area contributed by atoms with Crippen molar-refractivity contribution in [1.82, 2.24) is 0 Å². The summed E-state index contributed by atoms with van der Waals surface area (Å²) >= 11 is -1.15. The van der Waals surface area contributed by atoms with Gasteiger partial charge >= 0.3 is 0 Å². The summed E-state index contributed by atoms with van der Waals surface area (Å²) in [4.78, 5) is 11.0. The highest BCUT2D eigenvalue weighted by Crippen LogP contribution is 2.26. The normalized spacial score (nSPS) is 12.3. The SMILES string of the molecule is CC(C)=Cc1cc([N+](=O)[O-])ccc1[S+]([O-])C(C)C. The maximum atomic E-state index is 12.1. The van der Waals surface area contributed by atoms with E-state index in [-0.39, 0.29) is 10.9 Å². The Kier molecular flexibility index (Phi) is 4.93. The number of rotatable bonds is 4. The van der Waals surface area contributed by atoms with Crippen LogP contribution >= 0.6 is 0 Å². The molecule has 0 fully saturated rings. The van der Waals surface area contributed by atoms with E-state index in [1.54, 1.807) is 6.07 Å². The van der Waals surface area contributed by atoms with Gasteiger partial charge in [0.2, 0.25) is 0 Å². The fourth-order valence-electron chi connectivity index (χ4n) is 1.51. The topological polar surface area (TPSA) is 66.2 Å². The summed E-state index contributed by atoms with van der Waals surface area (Å²) in [6, 6.07) is 4.46. The first kappa shape index (κ1) is 14.7. The molecule has 0 spiro atoms. The summed E-state index contributed by atoms with van der Waals surface area (Å²) in [6.07, 6.45) is 1.82. The lowest BCUT2D eigenvalue weighted by atomic mass is 10.1. The summed E-state index contributed by atoms with van der Waals surface area (Å²) < 4.78 is 12.1. The summed E-state index contributed by atoms with van der Waals surface area (Å²) in [5.74, 6) is 0. The molecule has 0 radical (unpaired) electrons. The van der Waals surface area contributed by atoms with E-state index in [4.69, 9.17) is 0 Å². The van der Waals surface area contributed by atoms with Crippen LogP contribution in [-0.4, -0.2) is 14.7 Å². The zero-order valence-corrected chi connectivity index (χ0v) is 11.8. The molecule has 1 atom stereocenters. The molecule has 0 N–H and O–H groups in total. The first-order valence-electron chi connectivity index (χ1n) is 5.67. The minimum absolute atomic E-state index is 0.0178. The van der Waals surface area contributed by atoms with Crippen LogP contribution in [0.5, 0.6) is 0 Å². The Balaban J connectivity index is 3.34. The third-order valence-electron chi connectivity index (χ3n) is 2.29. The molecule has 1 unspecified atom stereocenters. The molecular weight excluding hydrogens is 250 g/mol. The predicted octanol–water partition coefficient (Wildman–Crippen LogP) is 3.53. The molecule has 0 saturated heterocycles. The van der Waals surface area contributed by atoms with Crippen LogP contribution in [-0.2, 0) is 11.2 Å². The number of allylic oxidation sites excluding steroid dienone is 1. The Hall–Kier alpha value is -1.33. The molecule has 98 valence electrons. The second-order valence-corrected chi connectivity index (χ2v) is 6.52. The second kappa shape index (κ2) is 6.02. The van der Waals surface area contributed by atoms with Crippen LogP contribution in [0.1, 0.15) is 33.3 Å². The van der Waals surface area contributed by atoms with Crippen molar-refractivity contribution in [2.24, 2.45) is 0 Å². The maximum absolute atomic E-state index is 12.1. The van der Waals surface area contributed by atoms with Crippen LogP contribution in [0.3, 0.4) is 0 Å². The van der Waals surface area contributed by atoms with E-state index in [9.17, 15) is 14.7 Å². The monoisotopic (exact) mass is 267 g/mol. The Morgan fingerprint density at radius 3 is 2.44 bits per heavy atom. The Labute approximate surface area is 110 Å². The smallest absolute Gasteiger partial charge is 0.270 e. The molecular formula is C13H17NO3S. The molecule has 0 bridgehead atoms. The molecule has 0 heterocycles. The fraction of sp³-hybridized carbons (Fsp3) is 0.385. The number of benzene rings is 1. The summed E-state index contributed by atoms with van der Waals surface area (Å²) in [7, 11) is 0. The van der Waals surface area contributed by atoms with Crippen LogP contribution in [0.4, 0.5) is 5.69 Å². The third-order valence-corrected chi connectivity index (χ3v) is 3.95. The molecule has 0 saturated carbocycles.